The summed E-state index contributed by atoms with van der Waals surface area (Å²) in [6.07, 6.45) is -3.46. The summed E-state index contributed by atoms with van der Waals surface area (Å²) in [5.41, 5.74) is -0.576. The molecule has 0 bridgehead atoms. The average molecular weight is 516 g/mol. The van der Waals surface area contributed by atoms with E-state index >= 15 is 0 Å². The highest BCUT2D eigenvalue weighted by molar-refractivity contribution is 7.86. The molecule has 0 saturated carbocycles. The van der Waals surface area contributed by atoms with E-state index in [1.54, 1.807) is 24.3 Å². The van der Waals surface area contributed by atoms with Gasteiger partial charge in [0.2, 0.25) is 0 Å². The molecule has 33 heavy (non-hydrogen) atoms. The number of hydrogen-bond donors (Lipinski definition) is 1. The van der Waals surface area contributed by atoms with Crippen LogP contribution in [0.4, 0.5) is 24.5 Å². The summed E-state index contributed by atoms with van der Waals surface area (Å²) in [6.45, 7) is 3.64. The maximum absolute atomic E-state index is 13.4. The minimum Gasteiger partial charge on any atom is -0.304 e. The van der Waals surface area contributed by atoms with E-state index in [4.69, 9.17) is 23.2 Å². The van der Waals surface area contributed by atoms with Crippen LogP contribution in [0.15, 0.2) is 65.7 Å². The van der Waals surface area contributed by atoms with Crippen LogP contribution in [-0.2, 0) is 17.2 Å². The summed E-state index contributed by atoms with van der Waals surface area (Å²) >= 11 is 11.7. The van der Waals surface area contributed by atoms with Crippen molar-refractivity contribution in [2.75, 3.05) is 9.62 Å². The fraction of sp³-hybridized carbons (Fsp3) is 0.182. The monoisotopic (exact) mass is 515 g/mol. The fourth-order valence-corrected chi connectivity index (χ4v) is 4.31. The second-order valence-corrected chi connectivity index (χ2v) is 9.22. The van der Waals surface area contributed by atoms with E-state index in [0.717, 1.165) is 6.07 Å². The van der Waals surface area contributed by atoms with Crippen LogP contribution in [-0.4, -0.2) is 21.1 Å². The standard InChI is InChI=1S/C22H18Cl2F3N3O2S/c1-13(2)30(15-6-4-3-5-7-15)21(31)20-19(10-14(23)12-28-20)29-33(32)16-8-9-18(24)17(11-16)22(25,26)27/h3-13,29H,1-2H3. The zero-order chi connectivity index (χ0) is 24.3. The zero-order valence-electron chi connectivity index (χ0n) is 17.4. The molecule has 0 radical (unpaired) electrons. The highest BCUT2D eigenvalue weighted by Crippen LogP contribution is 2.36. The van der Waals surface area contributed by atoms with Crippen LogP contribution in [0.1, 0.15) is 29.9 Å². The number of amides is 1. The Bertz CT molecular complexity index is 1190. The number of halogens is 5. The van der Waals surface area contributed by atoms with Crippen LogP contribution in [0.5, 0.6) is 0 Å². The van der Waals surface area contributed by atoms with Gasteiger partial charge in [0.15, 0.2) is 5.69 Å². The van der Waals surface area contributed by atoms with Crippen LogP contribution >= 0.6 is 23.2 Å². The normalized spacial score (nSPS) is 12.5. The molecule has 0 aliphatic heterocycles. The summed E-state index contributed by atoms with van der Waals surface area (Å²) in [7, 11) is -2.17. The molecule has 3 rings (SSSR count). The molecule has 1 N–H and O–H groups in total. The van der Waals surface area contributed by atoms with Crippen molar-refractivity contribution in [3.8, 4) is 0 Å². The summed E-state index contributed by atoms with van der Waals surface area (Å²) in [4.78, 5) is 18.8. The third-order valence-electron chi connectivity index (χ3n) is 4.49. The van der Waals surface area contributed by atoms with Gasteiger partial charge in [-0.2, -0.15) is 13.2 Å². The molecule has 174 valence electrons. The predicted octanol–water partition coefficient (Wildman–Crippen LogP) is 6.60. The number of rotatable bonds is 6. The van der Waals surface area contributed by atoms with Gasteiger partial charge in [-0.1, -0.05) is 41.4 Å². The Labute approximate surface area is 201 Å². The highest BCUT2D eigenvalue weighted by atomic mass is 35.5. The van der Waals surface area contributed by atoms with E-state index in [-0.39, 0.29) is 27.3 Å². The molecular weight excluding hydrogens is 498 g/mol. The van der Waals surface area contributed by atoms with Gasteiger partial charge in [-0.15, -0.1) is 0 Å². The van der Waals surface area contributed by atoms with Crippen molar-refractivity contribution in [1.29, 1.82) is 0 Å². The van der Waals surface area contributed by atoms with Crippen molar-refractivity contribution < 1.29 is 22.2 Å². The van der Waals surface area contributed by atoms with E-state index in [2.05, 4.69) is 9.71 Å². The molecule has 2 aromatic carbocycles. The molecule has 0 fully saturated rings. The molecule has 5 nitrogen and oxygen atoms in total. The Balaban J connectivity index is 1.98. The lowest BCUT2D eigenvalue weighted by atomic mass is 10.2. The number of nitrogens with zero attached hydrogens (tertiary/aromatic N) is 2. The van der Waals surface area contributed by atoms with Gasteiger partial charge in [0.05, 0.1) is 26.2 Å². The van der Waals surface area contributed by atoms with Gasteiger partial charge in [-0.25, -0.2) is 9.19 Å². The van der Waals surface area contributed by atoms with Gasteiger partial charge in [0.25, 0.3) is 5.91 Å². The zero-order valence-corrected chi connectivity index (χ0v) is 19.7. The SMILES string of the molecule is CC(C)N(C(=O)c1ncc(Cl)cc1NS(=O)c1ccc(Cl)c(C(F)(F)F)c1)c1ccccc1. The number of benzene rings is 2. The van der Waals surface area contributed by atoms with Gasteiger partial charge in [0, 0.05) is 17.9 Å². The number of aromatic nitrogens is 1. The average Bonchev–Trinajstić information content (AvgIpc) is 2.73. The number of carbonyl (C=O) groups excluding carboxylic acids is 1. The Kier molecular flexibility index (Phi) is 7.66. The lowest BCUT2D eigenvalue weighted by Crippen LogP contribution is -2.38. The van der Waals surface area contributed by atoms with Gasteiger partial charge < -0.3 is 4.90 Å². The van der Waals surface area contributed by atoms with Crippen molar-refractivity contribution >= 4 is 51.5 Å². The number of pyridine rings is 1. The first-order valence-corrected chi connectivity index (χ1v) is 11.5. The molecule has 0 spiro atoms. The first kappa shape index (κ1) is 25.0. The molecule has 0 saturated heterocycles. The first-order valence-electron chi connectivity index (χ1n) is 9.58. The highest BCUT2D eigenvalue weighted by Gasteiger charge is 2.34. The fourth-order valence-electron chi connectivity index (χ4n) is 3.04. The van der Waals surface area contributed by atoms with E-state index in [0.29, 0.717) is 11.8 Å². The third-order valence-corrected chi connectivity index (χ3v) is 6.11. The topological polar surface area (TPSA) is 62.3 Å². The molecule has 1 amide bonds. The van der Waals surface area contributed by atoms with Gasteiger partial charge in [-0.3, -0.25) is 9.52 Å². The summed E-state index contributed by atoms with van der Waals surface area (Å²) < 4.78 is 55.0. The Hall–Kier alpha value is -2.62. The van der Waals surface area contributed by atoms with Crippen LogP contribution in [0.25, 0.3) is 0 Å². The van der Waals surface area contributed by atoms with Crippen molar-refractivity contribution in [2.24, 2.45) is 0 Å². The predicted molar refractivity (Wildman–Crippen MR) is 124 cm³/mol. The minimum atomic E-state index is -4.72. The van der Waals surface area contributed by atoms with Crippen LogP contribution in [0.2, 0.25) is 10.0 Å². The molecule has 1 atom stereocenters. The molecule has 1 heterocycles. The van der Waals surface area contributed by atoms with Gasteiger partial charge >= 0.3 is 6.18 Å². The molecule has 0 aliphatic carbocycles. The number of hydrogen-bond acceptors (Lipinski definition) is 3. The van der Waals surface area contributed by atoms with Crippen molar-refractivity contribution in [3.63, 3.8) is 0 Å². The van der Waals surface area contributed by atoms with Gasteiger partial charge in [-0.05, 0) is 50.2 Å². The molecule has 1 unspecified atom stereocenters. The third kappa shape index (κ3) is 5.85. The second kappa shape index (κ2) is 10.1. The van der Waals surface area contributed by atoms with Crippen molar-refractivity contribution in [2.45, 2.75) is 31.0 Å². The molecule has 1 aromatic heterocycles. The molecule has 3 aromatic rings. The van der Waals surface area contributed by atoms with Crippen LogP contribution in [0.3, 0.4) is 0 Å². The quantitative estimate of drug-likeness (QED) is 0.402. The lowest BCUT2D eigenvalue weighted by molar-refractivity contribution is -0.137. The Morgan fingerprint density at radius 1 is 1.09 bits per heavy atom. The number of nitrogens with one attached hydrogen (secondary N) is 1. The number of para-hydroxylation sites is 1. The summed E-state index contributed by atoms with van der Waals surface area (Å²) in [5, 5.41) is -0.368. The lowest BCUT2D eigenvalue weighted by Gasteiger charge is -2.27. The van der Waals surface area contributed by atoms with Crippen molar-refractivity contribution in [1.82, 2.24) is 4.98 Å². The number of alkyl halides is 3. The van der Waals surface area contributed by atoms with E-state index in [1.807, 2.05) is 19.9 Å². The maximum Gasteiger partial charge on any atom is 0.417 e. The summed E-state index contributed by atoms with van der Waals surface area (Å²) in [5.74, 6) is -0.501. The van der Waals surface area contributed by atoms with E-state index in [1.165, 1.54) is 23.2 Å². The second-order valence-electron chi connectivity index (χ2n) is 7.16. The number of anilines is 2. The molecular formula is C22H18Cl2F3N3O2S. The summed E-state index contributed by atoms with van der Waals surface area (Å²) in [6, 6.07) is 12.9. The van der Waals surface area contributed by atoms with Crippen LogP contribution < -0.4 is 9.62 Å². The Morgan fingerprint density at radius 2 is 1.76 bits per heavy atom. The smallest absolute Gasteiger partial charge is 0.304 e. The molecule has 11 heteroatoms. The molecule has 0 aliphatic rings. The number of carbonyl (C=O) groups is 1. The largest absolute Gasteiger partial charge is 0.417 e. The Morgan fingerprint density at radius 3 is 2.36 bits per heavy atom. The van der Waals surface area contributed by atoms with Gasteiger partial charge in [0.1, 0.15) is 11.0 Å². The maximum atomic E-state index is 13.4. The van der Waals surface area contributed by atoms with Crippen LogP contribution in [0, 0.1) is 0 Å². The van der Waals surface area contributed by atoms with E-state index < -0.39 is 33.7 Å². The van der Waals surface area contributed by atoms with E-state index in [9.17, 15) is 22.2 Å². The van der Waals surface area contributed by atoms with Crippen molar-refractivity contribution in [3.05, 3.63) is 82.1 Å². The first-order chi connectivity index (χ1) is 15.5. The minimum absolute atomic E-state index is 0.0101.